The Morgan fingerprint density at radius 2 is 1.62 bits per heavy atom. The number of aryl methyl sites for hydroxylation is 1. The highest BCUT2D eigenvalue weighted by molar-refractivity contribution is 5.87. The Morgan fingerprint density at radius 1 is 0.846 bits per heavy atom. The van der Waals surface area contributed by atoms with Crippen LogP contribution in [0.15, 0.2) is 42.5 Å². The van der Waals surface area contributed by atoms with E-state index in [1.165, 1.54) is 92.5 Å². The molecule has 0 aliphatic heterocycles. The molecular formula is C26H36. The van der Waals surface area contributed by atoms with Crippen LogP contribution in [0.1, 0.15) is 89.2 Å². The van der Waals surface area contributed by atoms with Crippen LogP contribution in [0, 0.1) is 5.92 Å². The molecule has 0 radical (unpaired) electrons. The predicted molar refractivity (Wildman–Crippen MR) is 117 cm³/mol. The van der Waals surface area contributed by atoms with Crippen molar-refractivity contribution in [3.8, 4) is 0 Å². The van der Waals surface area contributed by atoms with Gasteiger partial charge in [0.15, 0.2) is 0 Å². The van der Waals surface area contributed by atoms with Gasteiger partial charge in [0, 0.05) is 0 Å². The molecule has 0 aromatic heterocycles. The van der Waals surface area contributed by atoms with Gasteiger partial charge in [0.2, 0.25) is 0 Å². The Morgan fingerprint density at radius 3 is 2.38 bits per heavy atom. The molecule has 2 aromatic carbocycles. The molecule has 0 heterocycles. The van der Waals surface area contributed by atoms with E-state index in [-0.39, 0.29) is 0 Å². The monoisotopic (exact) mass is 348 g/mol. The second-order valence-electron chi connectivity index (χ2n) is 8.22. The van der Waals surface area contributed by atoms with E-state index in [4.69, 9.17) is 0 Å². The third-order valence-corrected chi connectivity index (χ3v) is 6.08. The van der Waals surface area contributed by atoms with Crippen LogP contribution in [0.25, 0.3) is 16.3 Å². The van der Waals surface area contributed by atoms with Crippen LogP contribution in [0.3, 0.4) is 0 Å². The maximum atomic E-state index is 2.53. The summed E-state index contributed by atoms with van der Waals surface area (Å²) in [5.41, 5.74) is 4.51. The largest absolute Gasteiger partial charge is 0.0804 e. The van der Waals surface area contributed by atoms with Crippen molar-refractivity contribution < 1.29 is 0 Å². The number of hydrogen-bond donors (Lipinski definition) is 0. The minimum Gasteiger partial charge on any atom is -0.0804 e. The molecule has 0 N–H and O–H groups in total. The van der Waals surface area contributed by atoms with Gasteiger partial charge in [0.25, 0.3) is 0 Å². The van der Waals surface area contributed by atoms with Crippen LogP contribution in [0.2, 0.25) is 0 Å². The van der Waals surface area contributed by atoms with Crippen LogP contribution < -0.4 is 0 Å². The van der Waals surface area contributed by atoms with Crippen LogP contribution in [-0.2, 0) is 6.42 Å². The first-order valence-electron chi connectivity index (χ1n) is 11.0. The molecule has 0 saturated carbocycles. The number of hydrogen-bond acceptors (Lipinski definition) is 0. The molecule has 0 fully saturated rings. The Hall–Kier alpha value is -1.56. The summed E-state index contributed by atoms with van der Waals surface area (Å²) in [6, 6.07) is 14.2. The number of unbranched alkanes of at least 4 members (excludes halogenated alkanes) is 4. The fourth-order valence-electron chi connectivity index (χ4n) is 4.33. The lowest BCUT2D eigenvalue weighted by molar-refractivity contribution is 0.428. The quantitative estimate of drug-likeness (QED) is 0.399. The fourth-order valence-corrected chi connectivity index (χ4v) is 4.33. The molecule has 26 heavy (non-hydrogen) atoms. The first-order valence-corrected chi connectivity index (χ1v) is 11.0. The molecule has 1 atom stereocenters. The molecule has 3 rings (SSSR count). The Balaban J connectivity index is 1.64. The van der Waals surface area contributed by atoms with E-state index in [1.807, 2.05) is 0 Å². The van der Waals surface area contributed by atoms with Gasteiger partial charge in [-0.15, -0.1) is 0 Å². The van der Waals surface area contributed by atoms with E-state index in [0.29, 0.717) is 0 Å². The van der Waals surface area contributed by atoms with Crippen molar-refractivity contribution in [2.75, 3.05) is 0 Å². The molecule has 0 amide bonds. The number of fused-ring (bicyclic) bond motifs is 1. The molecular weight excluding hydrogens is 312 g/mol. The predicted octanol–water partition coefficient (Wildman–Crippen LogP) is 8.34. The minimum atomic E-state index is 0.927. The maximum absolute atomic E-state index is 2.53. The van der Waals surface area contributed by atoms with Crippen LogP contribution in [0.5, 0.6) is 0 Å². The summed E-state index contributed by atoms with van der Waals surface area (Å²) in [6.45, 7) is 4.57. The van der Waals surface area contributed by atoms with Crippen molar-refractivity contribution in [2.24, 2.45) is 5.92 Å². The van der Waals surface area contributed by atoms with E-state index in [0.717, 1.165) is 5.92 Å². The zero-order chi connectivity index (χ0) is 18.2. The highest BCUT2D eigenvalue weighted by Crippen LogP contribution is 2.34. The fraction of sp³-hybridized carbons (Fsp3) is 0.538. The molecule has 2 aromatic rings. The van der Waals surface area contributed by atoms with E-state index in [1.54, 1.807) is 5.57 Å². The summed E-state index contributed by atoms with van der Waals surface area (Å²) in [6.07, 6.45) is 17.2. The van der Waals surface area contributed by atoms with E-state index < -0.39 is 0 Å². The van der Waals surface area contributed by atoms with Gasteiger partial charge in [-0.3, -0.25) is 0 Å². The van der Waals surface area contributed by atoms with Gasteiger partial charge >= 0.3 is 0 Å². The average molecular weight is 349 g/mol. The van der Waals surface area contributed by atoms with Crippen molar-refractivity contribution >= 4 is 16.3 Å². The van der Waals surface area contributed by atoms with Gasteiger partial charge in [-0.05, 0) is 71.6 Å². The molecule has 1 unspecified atom stereocenters. The molecule has 0 heteroatoms. The van der Waals surface area contributed by atoms with Gasteiger partial charge in [0.05, 0.1) is 0 Å². The summed E-state index contributed by atoms with van der Waals surface area (Å²) in [7, 11) is 0. The lowest BCUT2D eigenvalue weighted by Crippen LogP contribution is -2.05. The minimum absolute atomic E-state index is 0.927. The summed E-state index contributed by atoms with van der Waals surface area (Å²) in [5, 5.41) is 2.80. The van der Waals surface area contributed by atoms with Gasteiger partial charge in [-0.1, -0.05) is 88.8 Å². The molecule has 0 nitrogen and oxygen atoms in total. The Labute approximate surface area is 160 Å². The van der Waals surface area contributed by atoms with Crippen molar-refractivity contribution in [3.63, 3.8) is 0 Å². The van der Waals surface area contributed by atoms with Gasteiger partial charge in [-0.25, -0.2) is 0 Å². The van der Waals surface area contributed by atoms with Crippen molar-refractivity contribution in [3.05, 3.63) is 53.6 Å². The van der Waals surface area contributed by atoms with E-state index in [9.17, 15) is 0 Å². The number of rotatable bonds is 9. The van der Waals surface area contributed by atoms with Crippen molar-refractivity contribution in [1.29, 1.82) is 0 Å². The Kier molecular flexibility index (Phi) is 7.35. The first-order chi connectivity index (χ1) is 12.8. The number of benzene rings is 2. The normalized spacial score (nSPS) is 17.5. The Bertz CT molecular complexity index is 722. The second kappa shape index (κ2) is 9.95. The van der Waals surface area contributed by atoms with Crippen molar-refractivity contribution in [1.82, 2.24) is 0 Å². The van der Waals surface area contributed by atoms with Crippen LogP contribution in [-0.4, -0.2) is 0 Å². The average Bonchev–Trinajstić information content (AvgIpc) is 2.68. The van der Waals surface area contributed by atoms with Gasteiger partial charge < -0.3 is 0 Å². The summed E-state index contributed by atoms with van der Waals surface area (Å²) < 4.78 is 0. The first kappa shape index (κ1) is 19.2. The molecule has 1 aliphatic rings. The molecule has 140 valence electrons. The standard InChI is InChI=1S/C26H36/c1-3-5-7-9-21-11-14-23(15-12-21)25-18-17-24-19-22(10-8-6-4-2)13-16-26(24)20-25/h13-14,16-21H,3-12,15H2,1-2H3. The maximum Gasteiger partial charge on any atom is -0.0178 e. The summed E-state index contributed by atoms with van der Waals surface area (Å²) in [4.78, 5) is 0. The van der Waals surface area contributed by atoms with Crippen LogP contribution >= 0.6 is 0 Å². The highest BCUT2D eigenvalue weighted by Gasteiger charge is 2.15. The molecule has 1 aliphatic carbocycles. The van der Waals surface area contributed by atoms with Gasteiger partial charge in [-0.2, -0.15) is 0 Å². The SMILES string of the molecule is CCCCCc1ccc2cc(C3=CCC(CCCCC)CC3)ccc2c1. The number of allylic oxidation sites excluding steroid dienone is 2. The third kappa shape index (κ3) is 5.22. The smallest absolute Gasteiger partial charge is 0.0178 e. The molecule has 0 saturated heterocycles. The topological polar surface area (TPSA) is 0 Å². The van der Waals surface area contributed by atoms with Gasteiger partial charge in [0.1, 0.15) is 0 Å². The lowest BCUT2D eigenvalue weighted by Gasteiger charge is -2.22. The highest BCUT2D eigenvalue weighted by atomic mass is 14.2. The van der Waals surface area contributed by atoms with Crippen LogP contribution in [0.4, 0.5) is 0 Å². The zero-order valence-corrected chi connectivity index (χ0v) is 16.9. The zero-order valence-electron chi connectivity index (χ0n) is 16.9. The lowest BCUT2D eigenvalue weighted by atomic mass is 9.83. The second-order valence-corrected chi connectivity index (χ2v) is 8.22. The van der Waals surface area contributed by atoms with E-state index in [2.05, 4.69) is 56.3 Å². The summed E-state index contributed by atoms with van der Waals surface area (Å²) >= 11 is 0. The summed E-state index contributed by atoms with van der Waals surface area (Å²) in [5.74, 6) is 0.927. The van der Waals surface area contributed by atoms with E-state index >= 15 is 0 Å². The molecule has 0 spiro atoms. The van der Waals surface area contributed by atoms with Crippen molar-refractivity contribution in [2.45, 2.75) is 84.5 Å². The third-order valence-electron chi connectivity index (χ3n) is 6.08. The molecule has 0 bridgehead atoms.